The third-order valence-corrected chi connectivity index (χ3v) is 4.17. The van der Waals surface area contributed by atoms with Crippen LogP contribution >= 0.6 is 0 Å². The van der Waals surface area contributed by atoms with Crippen molar-refractivity contribution in [3.8, 4) is 5.75 Å². The predicted octanol–water partition coefficient (Wildman–Crippen LogP) is 1.79. The fourth-order valence-electron chi connectivity index (χ4n) is 2.73. The molecule has 9 nitrogen and oxygen atoms in total. The van der Waals surface area contributed by atoms with Gasteiger partial charge in [0.2, 0.25) is 0 Å². The smallest absolute Gasteiger partial charge is 0.433 e. The molecule has 1 aromatic carbocycles. The molecule has 136 valence electrons. The lowest BCUT2D eigenvalue weighted by Gasteiger charge is -2.34. The van der Waals surface area contributed by atoms with E-state index in [9.17, 15) is 19.7 Å². The van der Waals surface area contributed by atoms with E-state index in [1.165, 1.54) is 11.0 Å². The molecule has 1 aliphatic rings. The lowest BCUT2D eigenvalue weighted by atomic mass is 10.1. The summed E-state index contributed by atoms with van der Waals surface area (Å²) in [6, 6.07) is 9.26. The minimum atomic E-state index is -0.692. The summed E-state index contributed by atoms with van der Waals surface area (Å²) >= 11 is 0. The Bertz CT molecular complexity index is 821. The molecule has 1 saturated heterocycles. The standard InChI is InChI=1S/C17H17N3O6/c1-25-13-4-2-12(3-5-13)16(21)18-8-10-19(11-9-18)17(22)14-6-7-15(26-14)20(23)24/h2-7H,8-11H2,1H3. The number of piperazine rings is 1. The quantitative estimate of drug-likeness (QED) is 0.609. The second kappa shape index (κ2) is 7.26. The van der Waals surface area contributed by atoms with Crippen LogP contribution in [0.25, 0.3) is 0 Å². The van der Waals surface area contributed by atoms with Crippen LogP contribution in [0.15, 0.2) is 40.8 Å². The number of nitro groups is 1. The summed E-state index contributed by atoms with van der Waals surface area (Å²) in [7, 11) is 1.56. The van der Waals surface area contributed by atoms with Gasteiger partial charge in [0.1, 0.15) is 10.7 Å². The highest BCUT2D eigenvalue weighted by atomic mass is 16.6. The number of rotatable bonds is 4. The van der Waals surface area contributed by atoms with Crippen molar-refractivity contribution < 1.29 is 23.7 Å². The Morgan fingerprint density at radius 2 is 1.58 bits per heavy atom. The van der Waals surface area contributed by atoms with E-state index in [-0.39, 0.29) is 11.7 Å². The zero-order valence-electron chi connectivity index (χ0n) is 14.1. The first-order valence-electron chi connectivity index (χ1n) is 7.96. The van der Waals surface area contributed by atoms with E-state index in [2.05, 4.69) is 0 Å². The van der Waals surface area contributed by atoms with E-state index in [0.717, 1.165) is 6.07 Å². The third kappa shape index (κ3) is 3.51. The van der Waals surface area contributed by atoms with Crippen LogP contribution < -0.4 is 4.74 Å². The molecule has 0 aliphatic carbocycles. The third-order valence-electron chi connectivity index (χ3n) is 4.17. The molecule has 2 amide bonds. The molecular weight excluding hydrogens is 342 g/mol. The monoisotopic (exact) mass is 359 g/mol. The van der Waals surface area contributed by atoms with E-state index in [1.807, 2.05) is 0 Å². The lowest BCUT2D eigenvalue weighted by Crippen LogP contribution is -2.50. The van der Waals surface area contributed by atoms with Crippen LogP contribution in [0.2, 0.25) is 0 Å². The van der Waals surface area contributed by atoms with Gasteiger partial charge in [0.05, 0.1) is 13.2 Å². The fourth-order valence-corrected chi connectivity index (χ4v) is 2.73. The first-order chi connectivity index (χ1) is 12.5. The molecule has 2 aromatic rings. The van der Waals surface area contributed by atoms with Crippen molar-refractivity contribution in [2.45, 2.75) is 0 Å². The minimum Gasteiger partial charge on any atom is -0.497 e. The Balaban J connectivity index is 1.60. The molecule has 0 spiro atoms. The highest BCUT2D eigenvalue weighted by Gasteiger charge is 2.28. The van der Waals surface area contributed by atoms with E-state index in [4.69, 9.17) is 9.15 Å². The zero-order valence-corrected chi connectivity index (χ0v) is 14.1. The summed E-state index contributed by atoms with van der Waals surface area (Å²) in [5.41, 5.74) is 0.548. The number of hydrogen-bond acceptors (Lipinski definition) is 6. The van der Waals surface area contributed by atoms with Crippen molar-refractivity contribution in [1.82, 2.24) is 9.80 Å². The van der Waals surface area contributed by atoms with Crippen molar-refractivity contribution >= 4 is 17.7 Å². The molecule has 0 bridgehead atoms. The van der Waals surface area contributed by atoms with Crippen LogP contribution in [0.5, 0.6) is 5.75 Å². The first kappa shape index (κ1) is 17.5. The van der Waals surface area contributed by atoms with Crippen LogP contribution in [-0.2, 0) is 0 Å². The summed E-state index contributed by atoms with van der Waals surface area (Å²) in [5.74, 6) is -0.416. The number of furan rings is 1. The Morgan fingerprint density at radius 1 is 1.00 bits per heavy atom. The van der Waals surface area contributed by atoms with E-state index in [1.54, 1.807) is 36.3 Å². The van der Waals surface area contributed by atoms with Gasteiger partial charge in [-0.25, -0.2) is 0 Å². The summed E-state index contributed by atoms with van der Waals surface area (Å²) in [5, 5.41) is 10.6. The molecule has 3 rings (SSSR count). The van der Waals surface area contributed by atoms with Gasteiger partial charge in [-0.15, -0.1) is 0 Å². The van der Waals surface area contributed by atoms with Crippen molar-refractivity contribution in [3.05, 3.63) is 57.8 Å². The number of amides is 2. The molecule has 0 radical (unpaired) electrons. The molecule has 1 aliphatic heterocycles. The number of ether oxygens (including phenoxy) is 1. The summed E-state index contributed by atoms with van der Waals surface area (Å²) in [6.45, 7) is 1.41. The Kier molecular flexibility index (Phi) is 4.87. The van der Waals surface area contributed by atoms with Gasteiger partial charge in [0.15, 0.2) is 5.76 Å². The highest BCUT2D eigenvalue weighted by Crippen LogP contribution is 2.19. The molecule has 0 atom stereocenters. The molecule has 2 heterocycles. The molecule has 0 saturated carbocycles. The Labute approximate surface area is 148 Å². The maximum atomic E-state index is 12.5. The van der Waals surface area contributed by atoms with E-state index in [0.29, 0.717) is 37.5 Å². The molecule has 1 aromatic heterocycles. The van der Waals surface area contributed by atoms with Gasteiger partial charge >= 0.3 is 5.88 Å². The van der Waals surface area contributed by atoms with Crippen molar-refractivity contribution in [2.24, 2.45) is 0 Å². The number of methoxy groups -OCH3 is 1. The number of benzene rings is 1. The lowest BCUT2D eigenvalue weighted by molar-refractivity contribution is -0.402. The average Bonchev–Trinajstić information content (AvgIpc) is 3.17. The van der Waals surface area contributed by atoms with Crippen LogP contribution in [0.4, 0.5) is 5.88 Å². The van der Waals surface area contributed by atoms with Crippen LogP contribution in [0.3, 0.4) is 0 Å². The van der Waals surface area contributed by atoms with Gasteiger partial charge in [-0.1, -0.05) is 0 Å². The second-order valence-corrected chi connectivity index (χ2v) is 5.71. The van der Waals surface area contributed by atoms with E-state index < -0.39 is 16.7 Å². The van der Waals surface area contributed by atoms with Gasteiger partial charge in [-0.05, 0) is 30.3 Å². The first-order valence-corrected chi connectivity index (χ1v) is 7.96. The SMILES string of the molecule is COc1ccc(C(=O)N2CCN(C(=O)c3ccc([N+](=O)[O-])o3)CC2)cc1. The van der Waals surface area contributed by atoms with Gasteiger partial charge in [0, 0.05) is 31.7 Å². The van der Waals surface area contributed by atoms with Crippen LogP contribution in [0.1, 0.15) is 20.9 Å². The number of nitrogens with zero attached hydrogens (tertiary/aromatic N) is 3. The molecule has 0 N–H and O–H groups in total. The van der Waals surface area contributed by atoms with Gasteiger partial charge in [-0.3, -0.25) is 19.7 Å². The summed E-state index contributed by atoms with van der Waals surface area (Å²) < 4.78 is 10.0. The Morgan fingerprint density at radius 3 is 2.08 bits per heavy atom. The minimum absolute atomic E-state index is 0.0772. The topological polar surface area (TPSA) is 106 Å². The van der Waals surface area contributed by atoms with Crippen molar-refractivity contribution in [3.63, 3.8) is 0 Å². The Hall–Kier alpha value is -3.36. The van der Waals surface area contributed by atoms with E-state index >= 15 is 0 Å². The average molecular weight is 359 g/mol. The van der Waals surface area contributed by atoms with Crippen LogP contribution in [-0.4, -0.2) is 59.8 Å². The van der Waals surface area contributed by atoms with Gasteiger partial charge in [0.25, 0.3) is 11.8 Å². The molecule has 1 fully saturated rings. The number of carbonyl (C=O) groups excluding carboxylic acids is 2. The highest BCUT2D eigenvalue weighted by molar-refractivity contribution is 5.95. The fraction of sp³-hybridized carbons (Fsp3) is 0.294. The maximum Gasteiger partial charge on any atom is 0.433 e. The number of hydrogen-bond donors (Lipinski definition) is 0. The van der Waals surface area contributed by atoms with Gasteiger partial charge < -0.3 is 19.0 Å². The number of carbonyl (C=O) groups is 2. The van der Waals surface area contributed by atoms with Crippen molar-refractivity contribution in [1.29, 1.82) is 0 Å². The second-order valence-electron chi connectivity index (χ2n) is 5.71. The zero-order chi connectivity index (χ0) is 18.7. The summed E-state index contributed by atoms with van der Waals surface area (Å²) in [6.07, 6.45) is 0. The molecule has 0 unspecified atom stereocenters. The maximum absolute atomic E-state index is 12.5. The molecule has 26 heavy (non-hydrogen) atoms. The largest absolute Gasteiger partial charge is 0.497 e. The van der Waals surface area contributed by atoms with Gasteiger partial charge in [-0.2, -0.15) is 0 Å². The van der Waals surface area contributed by atoms with Crippen LogP contribution in [0, 0.1) is 10.1 Å². The normalized spacial score (nSPS) is 14.2. The molecular formula is C17H17N3O6. The van der Waals surface area contributed by atoms with Crippen molar-refractivity contribution in [2.75, 3.05) is 33.3 Å². The summed E-state index contributed by atoms with van der Waals surface area (Å²) in [4.78, 5) is 38.0. The molecule has 9 heteroatoms. The predicted molar refractivity (Wildman–Crippen MR) is 90.2 cm³/mol.